The molecule has 0 heterocycles. The number of anilines is 1. The van der Waals surface area contributed by atoms with Crippen molar-refractivity contribution in [3.63, 3.8) is 0 Å². The normalized spacial score (nSPS) is 11.5. The molecular weight excluding hydrogens is 408 g/mol. The van der Waals surface area contributed by atoms with Crippen LogP contribution in [0, 0.1) is 6.92 Å². The minimum atomic E-state index is -3.64. The van der Waals surface area contributed by atoms with Crippen LogP contribution in [0.2, 0.25) is 0 Å². The standard InChI is InChI=1S/C25H28N2O3S/c1-4-27(5-2)31(29,30)22-16-15-19(3)23(18-22)25(28)26-24-14-10-9-13-21(24)17-20-11-7-6-8-12-20/h6-16,18H,4-5,17H2,1-3H3,(H,26,28). The highest BCUT2D eigenvalue weighted by Gasteiger charge is 2.23. The lowest BCUT2D eigenvalue weighted by Crippen LogP contribution is -2.30. The first-order valence-corrected chi connectivity index (χ1v) is 11.8. The van der Waals surface area contributed by atoms with Gasteiger partial charge in [-0.15, -0.1) is 0 Å². The number of aryl methyl sites for hydroxylation is 1. The van der Waals surface area contributed by atoms with Crippen molar-refractivity contribution >= 4 is 21.6 Å². The minimum absolute atomic E-state index is 0.129. The van der Waals surface area contributed by atoms with Crippen molar-refractivity contribution in [3.05, 3.63) is 95.1 Å². The third-order valence-electron chi connectivity index (χ3n) is 5.30. The van der Waals surface area contributed by atoms with Crippen LogP contribution >= 0.6 is 0 Å². The lowest BCUT2D eigenvalue weighted by Gasteiger charge is -2.19. The molecule has 0 fully saturated rings. The van der Waals surface area contributed by atoms with Gasteiger partial charge >= 0.3 is 0 Å². The Bertz CT molecular complexity index is 1150. The molecule has 1 N–H and O–H groups in total. The number of para-hydroxylation sites is 1. The molecule has 0 aliphatic carbocycles. The van der Waals surface area contributed by atoms with Gasteiger partial charge < -0.3 is 5.32 Å². The molecule has 0 atom stereocenters. The molecule has 6 heteroatoms. The van der Waals surface area contributed by atoms with Crippen molar-refractivity contribution in [2.45, 2.75) is 32.1 Å². The number of carbonyl (C=O) groups is 1. The minimum Gasteiger partial charge on any atom is -0.322 e. The van der Waals surface area contributed by atoms with Crippen LogP contribution < -0.4 is 5.32 Å². The van der Waals surface area contributed by atoms with Crippen LogP contribution in [0.15, 0.2) is 77.7 Å². The molecule has 0 bridgehead atoms. The molecule has 0 unspecified atom stereocenters. The van der Waals surface area contributed by atoms with Crippen LogP contribution in [0.3, 0.4) is 0 Å². The Labute approximate surface area is 184 Å². The highest BCUT2D eigenvalue weighted by molar-refractivity contribution is 7.89. The molecule has 5 nitrogen and oxygen atoms in total. The smallest absolute Gasteiger partial charge is 0.255 e. The first-order valence-electron chi connectivity index (χ1n) is 10.4. The molecule has 0 aromatic heterocycles. The number of sulfonamides is 1. The number of nitrogens with one attached hydrogen (secondary N) is 1. The highest BCUT2D eigenvalue weighted by atomic mass is 32.2. The summed E-state index contributed by atoms with van der Waals surface area (Å²) in [5.41, 5.74) is 3.92. The third kappa shape index (κ3) is 5.21. The van der Waals surface area contributed by atoms with E-state index in [2.05, 4.69) is 5.32 Å². The Balaban J connectivity index is 1.90. The summed E-state index contributed by atoms with van der Waals surface area (Å²) >= 11 is 0. The summed E-state index contributed by atoms with van der Waals surface area (Å²) in [6.07, 6.45) is 0.687. The van der Waals surface area contributed by atoms with Gasteiger partial charge in [-0.25, -0.2) is 8.42 Å². The van der Waals surface area contributed by atoms with Gasteiger partial charge in [0.05, 0.1) is 4.90 Å². The van der Waals surface area contributed by atoms with Gasteiger partial charge in [0, 0.05) is 24.3 Å². The maximum absolute atomic E-state index is 13.1. The van der Waals surface area contributed by atoms with E-state index in [1.807, 2.05) is 54.6 Å². The van der Waals surface area contributed by atoms with E-state index in [1.54, 1.807) is 32.9 Å². The maximum Gasteiger partial charge on any atom is 0.255 e. The number of hydrogen-bond donors (Lipinski definition) is 1. The zero-order valence-electron chi connectivity index (χ0n) is 18.1. The average molecular weight is 437 g/mol. The molecule has 3 aromatic carbocycles. The summed E-state index contributed by atoms with van der Waals surface area (Å²) in [4.78, 5) is 13.2. The number of carbonyl (C=O) groups excluding carboxylic acids is 1. The molecule has 0 aliphatic rings. The fourth-order valence-electron chi connectivity index (χ4n) is 3.52. The molecule has 0 spiro atoms. The maximum atomic E-state index is 13.1. The van der Waals surface area contributed by atoms with Crippen molar-refractivity contribution in [3.8, 4) is 0 Å². The summed E-state index contributed by atoms with van der Waals surface area (Å²) in [6.45, 7) is 6.15. The number of amides is 1. The van der Waals surface area contributed by atoms with Crippen molar-refractivity contribution in [1.29, 1.82) is 0 Å². The number of hydrogen-bond acceptors (Lipinski definition) is 3. The Morgan fingerprint density at radius 1 is 0.903 bits per heavy atom. The van der Waals surface area contributed by atoms with Crippen LogP contribution in [0.4, 0.5) is 5.69 Å². The predicted molar refractivity (Wildman–Crippen MR) is 125 cm³/mol. The van der Waals surface area contributed by atoms with Gasteiger partial charge in [-0.05, 0) is 48.2 Å². The topological polar surface area (TPSA) is 66.5 Å². The fraction of sp³-hybridized carbons (Fsp3) is 0.240. The van der Waals surface area contributed by atoms with Crippen LogP contribution in [0.1, 0.15) is 40.9 Å². The van der Waals surface area contributed by atoms with Gasteiger partial charge in [-0.1, -0.05) is 68.4 Å². The van der Waals surface area contributed by atoms with Crippen molar-refractivity contribution in [2.24, 2.45) is 0 Å². The molecule has 3 rings (SSSR count). The lowest BCUT2D eigenvalue weighted by molar-refractivity contribution is 0.102. The Morgan fingerprint density at radius 3 is 2.23 bits per heavy atom. The summed E-state index contributed by atoms with van der Waals surface area (Å²) in [7, 11) is -3.64. The van der Waals surface area contributed by atoms with Gasteiger partial charge in [0.1, 0.15) is 0 Å². The second-order valence-electron chi connectivity index (χ2n) is 7.34. The second-order valence-corrected chi connectivity index (χ2v) is 9.28. The largest absolute Gasteiger partial charge is 0.322 e. The van der Waals surface area contributed by atoms with Gasteiger partial charge in [0.25, 0.3) is 5.91 Å². The monoisotopic (exact) mass is 436 g/mol. The van der Waals surface area contributed by atoms with E-state index in [1.165, 1.54) is 10.4 Å². The zero-order valence-corrected chi connectivity index (χ0v) is 18.9. The first-order chi connectivity index (χ1) is 14.9. The molecule has 162 valence electrons. The van der Waals surface area contributed by atoms with E-state index >= 15 is 0 Å². The van der Waals surface area contributed by atoms with Gasteiger partial charge in [0.15, 0.2) is 0 Å². The van der Waals surface area contributed by atoms with Crippen molar-refractivity contribution in [2.75, 3.05) is 18.4 Å². The SMILES string of the molecule is CCN(CC)S(=O)(=O)c1ccc(C)c(C(=O)Nc2ccccc2Cc2ccccc2)c1. The second kappa shape index (κ2) is 9.90. The van der Waals surface area contributed by atoms with Crippen LogP contribution in [-0.2, 0) is 16.4 Å². The summed E-state index contributed by atoms with van der Waals surface area (Å²) in [5.74, 6) is -0.324. The summed E-state index contributed by atoms with van der Waals surface area (Å²) < 4.78 is 27.2. The third-order valence-corrected chi connectivity index (χ3v) is 7.35. The highest BCUT2D eigenvalue weighted by Crippen LogP contribution is 2.23. The van der Waals surface area contributed by atoms with E-state index in [0.717, 1.165) is 16.7 Å². The molecule has 1 amide bonds. The molecule has 31 heavy (non-hydrogen) atoms. The predicted octanol–water partition coefficient (Wildman–Crippen LogP) is 4.87. The van der Waals surface area contributed by atoms with Gasteiger partial charge in [-0.3, -0.25) is 4.79 Å². The van der Waals surface area contributed by atoms with Gasteiger partial charge in [-0.2, -0.15) is 4.31 Å². The Kier molecular flexibility index (Phi) is 7.25. The van der Waals surface area contributed by atoms with E-state index in [-0.39, 0.29) is 10.8 Å². The lowest BCUT2D eigenvalue weighted by atomic mass is 10.0. The van der Waals surface area contributed by atoms with E-state index in [4.69, 9.17) is 0 Å². The molecule has 0 radical (unpaired) electrons. The van der Waals surface area contributed by atoms with Crippen molar-refractivity contribution < 1.29 is 13.2 Å². The molecule has 3 aromatic rings. The summed E-state index contributed by atoms with van der Waals surface area (Å²) in [5, 5.41) is 2.98. The number of rotatable bonds is 8. The Morgan fingerprint density at radius 2 is 1.55 bits per heavy atom. The van der Waals surface area contributed by atoms with Crippen LogP contribution in [-0.4, -0.2) is 31.7 Å². The molecule has 0 saturated heterocycles. The van der Waals surface area contributed by atoms with E-state index < -0.39 is 10.0 Å². The molecular formula is C25H28N2O3S. The van der Waals surface area contributed by atoms with E-state index in [0.29, 0.717) is 30.8 Å². The molecule has 0 aliphatic heterocycles. The zero-order chi connectivity index (χ0) is 22.4. The summed E-state index contributed by atoms with van der Waals surface area (Å²) in [6, 6.07) is 22.4. The number of nitrogens with zero attached hydrogens (tertiary/aromatic N) is 1. The Hall–Kier alpha value is -2.96. The van der Waals surface area contributed by atoms with Crippen molar-refractivity contribution in [1.82, 2.24) is 4.31 Å². The quantitative estimate of drug-likeness (QED) is 0.548. The van der Waals surface area contributed by atoms with E-state index in [9.17, 15) is 13.2 Å². The fourth-order valence-corrected chi connectivity index (χ4v) is 5.01. The molecule has 0 saturated carbocycles. The van der Waals surface area contributed by atoms with Crippen LogP contribution in [0.5, 0.6) is 0 Å². The van der Waals surface area contributed by atoms with Gasteiger partial charge in [0.2, 0.25) is 10.0 Å². The first kappa shape index (κ1) is 22.7. The number of benzene rings is 3. The van der Waals surface area contributed by atoms with Crippen LogP contribution in [0.25, 0.3) is 0 Å². The average Bonchev–Trinajstić information content (AvgIpc) is 2.76.